The third-order valence-corrected chi connectivity index (χ3v) is 2.30. The summed E-state index contributed by atoms with van der Waals surface area (Å²) in [5.74, 6) is -0.420. The van der Waals surface area contributed by atoms with Crippen LogP contribution in [-0.2, 0) is 16.7 Å². The zero-order valence-corrected chi connectivity index (χ0v) is 9.18. The van der Waals surface area contributed by atoms with Gasteiger partial charge < -0.3 is 9.40 Å². The molecule has 0 fully saturated rings. The van der Waals surface area contributed by atoms with Crippen LogP contribution in [-0.4, -0.2) is 16.8 Å². The van der Waals surface area contributed by atoms with Gasteiger partial charge in [0.1, 0.15) is 0 Å². The van der Waals surface area contributed by atoms with Crippen molar-refractivity contribution in [3.63, 3.8) is 0 Å². The van der Waals surface area contributed by atoms with E-state index in [0.717, 1.165) is 16.5 Å². The van der Waals surface area contributed by atoms with E-state index in [2.05, 4.69) is 9.99 Å². The molecule has 0 N–H and O–H groups in total. The van der Waals surface area contributed by atoms with Gasteiger partial charge >= 0.3 is 5.97 Å². The Balaban J connectivity index is 2.38. The molecule has 0 bridgehead atoms. The molecule has 1 aromatic carbocycles. The molecule has 1 heterocycles. The van der Waals surface area contributed by atoms with Crippen LogP contribution >= 0.6 is 0 Å². The third-order valence-electron chi connectivity index (χ3n) is 2.30. The molecule has 82 valence electrons. The Labute approximate surface area is 93.1 Å². The maximum atomic E-state index is 10.6. The van der Waals surface area contributed by atoms with Crippen molar-refractivity contribution in [2.75, 3.05) is 0 Å². The first-order valence-electron chi connectivity index (χ1n) is 4.93. The van der Waals surface area contributed by atoms with E-state index in [1.54, 1.807) is 6.21 Å². The van der Waals surface area contributed by atoms with E-state index in [4.69, 9.17) is 0 Å². The predicted molar refractivity (Wildman–Crippen MR) is 62.3 cm³/mol. The molecule has 4 heteroatoms. The predicted octanol–water partition coefficient (Wildman–Crippen LogP) is 2.08. The summed E-state index contributed by atoms with van der Waals surface area (Å²) >= 11 is 0. The number of para-hydroxylation sites is 1. The molecule has 16 heavy (non-hydrogen) atoms. The fraction of sp³-hybridized carbons (Fsp3) is 0.167. The second-order valence-corrected chi connectivity index (χ2v) is 3.53. The lowest BCUT2D eigenvalue weighted by atomic mass is 10.2. The molecule has 0 amide bonds. The van der Waals surface area contributed by atoms with Crippen molar-refractivity contribution in [3.05, 3.63) is 36.0 Å². The first-order valence-corrected chi connectivity index (χ1v) is 4.93. The SMILES string of the molecule is CC(=O)O/N=C/c1cn(C)c2ccccc12. The fourth-order valence-electron chi connectivity index (χ4n) is 1.63. The van der Waals surface area contributed by atoms with Crippen molar-refractivity contribution in [1.82, 2.24) is 4.57 Å². The zero-order valence-electron chi connectivity index (χ0n) is 9.18. The number of carbonyl (C=O) groups is 1. The first-order chi connectivity index (χ1) is 7.68. The molecule has 4 nitrogen and oxygen atoms in total. The normalized spacial score (nSPS) is 11.1. The van der Waals surface area contributed by atoms with Gasteiger partial charge in [-0.3, -0.25) is 0 Å². The summed E-state index contributed by atoms with van der Waals surface area (Å²) in [4.78, 5) is 15.1. The van der Waals surface area contributed by atoms with Gasteiger partial charge in [0, 0.05) is 36.6 Å². The highest BCUT2D eigenvalue weighted by Gasteiger charge is 2.03. The topological polar surface area (TPSA) is 43.6 Å². The highest BCUT2D eigenvalue weighted by atomic mass is 16.7. The average molecular weight is 216 g/mol. The number of fused-ring (bicyclic) bond motifs is 1. The molecular weight excluding hydrogens is 204 g/mol. The van der Waals surface area contributed by atoms with Gasteiger partial charge in [-0.25, -0.2) is 4.79 Å². The highest BCUT2D eigenvalue weighted by Crippen LogP contribution is 2.18. The van der Waals surface area contributed by atoms with Crippen LogP contribution in [0.4, 0.5) is 0 Å². The summed E-state index contributed by atoms with van der Waals surface area (Å²) in [5, 5.41) is 4.70. The second kappa shape index (κ2) is 4.18. The average Bonchev–Trinajstić information content (AvgIpc) is 2.57. The van der Waals surface area contributed by atoms with Gasteiger partial charge in [0.25, 0.3) is 0 Å². The molecule has 0 saturated carbocycles. The number of hydrogen-bond acceptors (Lipinski definition) is 3. The molecule has 0 radical (unpaired) electrons. The molecule has 0 aliphatic rings. The molecule has 0 spiro atoms. The Morgan fingerprint density at radius 1 is 1.44 bits per heavy atom. The van der Waals surface area contributed by atoms with E-state index < -0.39 is 5.97 Å². The minimum absolute atomic E-state index is 0.420. The smallest absolute Gasteiger partial charge is 0.331 e. The summed E-state index contributed by atoms with van der Waals surface area (Å²) in [5.41, 5.74) is 2.05. The van der Waals surface area contributed by atoms with Gasteiger partial charge in [-0.05, 0) is 6.07 Å². The Kier molecular flexibility index (Phi) is 2.72. The quantitative estimate of drug-likeness (QED) is 0.438. The Morgan fingerprint density at radius 3 is 2.94 bits per heavy atom. The lowest BCUT2D eigenvalue weighted by molar-refractivity contribution is -0.140. The highest BCUT2D eigenvalue weighted by molar-refractivity contribution is 5.99. The van der Waals surface area contributed by atoms with Gasteiger partial charge in [0.2, 0.25) is 0 Å². The Morgan fingerprint density at radius 2 is 2.19 bits per heavy atom. The summed E-state index contributed by atoms with van der Waals surface area (Å²) in [6, 6.07) is 7.98. The summed E-state index contributed by atoms with van der Waals surface area (Å²) in [7, 11) is 1.96. The molecule has 0 unspecified atom stereocenters. The van der Waals surface area contributed by atoms with E-state index in [0.29, 0.717) is 0 Å². The van der Waals surface area contributed by atoms with Gasteiger partial charge in [0.05, 0.1) is 6.21 Å². The number of nitrogens with zero attached hydrogens (tertiary/aromatic N) is 2. The number of rotatable bonds is 2. The van der Waals surface area contributed by atoms with Crippen molar-refractivity contribution >= 4 is 23.1 Å². The monoisotopic (exact) mass is 216 g/mol. The number of aromatic nitrogens is 1. The van der Waals surface area contributed by atoms with Gasteiger partial charge in [-0.2, -0.15) is 0 Å². The lowest BCUT2D eigenvalue weighted by Crippen LogP contribution is -1.91. The molecule has 0 saturated heterocycles. The minimum atomic E-state index is -0.420. The van der Waals surface area contributed by atoms with E-state index >= 15 is 0 Å². The molecule has 2 aromatic rings. The van der Waals surface area contributed by atoms with Gasteiger partial charge in [-0.15, -0.1) is 0 Å². The van der Waals surface area contributed by atoms with Crippen molar-refractivity contribution < 1.29 is 9.63 Å². The van der Waals surface area contributed by atoms with E-state index in [9.17, 15) is 4.79 Å². The van der Waals surface area contributed by atoms with Crippen molar-refractivity contribution in [2.45, 2.75) is 6.92 Å². The van der Waals surface area contributed by atoms with E-state index in [1.165, 1.54) is 6.92 Å². The largest absolute Gasteiger partial charge is 0.350 e. The van der Waals surface area contributed by atoms with E-state index in [1.807, 2.05) is 42.1 Å². The lowest BCUT2D eigenvalue weighted by Gasteiger charge is -1.92. The second-order valence-electron chi connectivity index (χ2n) is 3.53. The number of aryl methyl sites for hydroxylation is 1. The number of benzene rings is 1. The van der Waals surface area contributed by atoms with Crippen LogP contribution in [0.15, 0.2) is 35.6 Å². The van der Waals surface area contributed by atoms with Crippen LogP contribution in [0.2, 0.25) is 0 Å². The fourth-order valence-corrected chi connectivity index (χ4v) is 1.63. The van der Waals surface area contributed by atoms with Crippen LogP contribution in [0.5, 0.6) is 0 Å². The first kappa shape index (κ1) is 10.4. The zero-order chi connectivity index (χ0) is 11.5. The molecular formula is C12H12N2O2. The van der Waals surface area contributed by atoms with Crippen LogP contribution in [0, 0.1) is 0 Å². The summed E-state index contributed by atoms with van der Waals surface area (Å²) in [6.45, 7) is 1.32. The maximum absolute atomic E-state index is 10.6. The van der Waals surface area contributed by atoms with Crippen molar-refractivity contribution in [1.29, 1.82) is 0 Å². The van der Waals surface area contributed by atoms with Crippen molar-refractivity contribution in [2.24, 2.45) is 12.2 Å². The minimum Gasteiger partial charge on any atom is -0.350 e. The summed E-state index contributed by atoms with van der Waals surface area (Å²) < 4.78 is 2.00. The number of carbonyl (C=O) groups excluding carboxylic acids is 1. The maximum Gasteiger partial charge on any atom is 0.331 e. The molecule has 0 aliphatic carbocycles. The molecule has 2 rings (SSSR count). The third kappa shape index (κ3) is 1.95. The van der Waals surface area contributed by atoms with E-state index in [-0.39, 0.29) is 0 Å². The molecule has 1 aromatic heterocycles. The van der Waals surface area contributed by atoms with Crippen LogP contribution in [0.3, 0.4) is 0 Å². The van der Waals surface area contributed by atoms with Crippen LogP contribution in [0.25, 0.3) is 10.9 Å². The number of oxime groups is 1. The van der Waals surface area contributed by atoms with Crippen molar-refractivity contribution in [3.8, 4) is 0 Å². The Bertz CT molecular complexity index is 555. The molecule has 0 aliphatic heterocycles. The van der Waals surface area contributed by atoms with Crippen LogP contribution < -0.4 is 0 Å². The van der Waals surface area contributed by atoms with Gasteiger partial charge in [-0.1, -0.05) is 23.4 Å². The van der Waals surface area contributed by atoms with Crippen LogP contribution in [0.1, 0.15) is 12.5 Å². The molecule has 0 atom stereocenters. The summed E-state index contributed by atoms with van der Waals surface area (Å²) in [6.07, 6.45) is 3.49. The van der Waals surface area contributed by atoms with Gasteiger partial charge in [0.15, 0.2) is 0 Å². The number of hydrogen-bond donors (Lipinski definition) is 0. The standard InChI is InChI=1S/C12H12N2O2/c1-9(15)16-13-7-10-8-14(2)12-6-4-3-5-11(10)12/h3-8H,1-2H3/b13-7+. The Hall–Kier alpha value is -2.10.